The Labute approximate surface area is 113 Å². The third-order valence-electron chi connectivity index (χ3n) is 2.73. The number of fused-ring (bicyclic) bond motifs is 1. The summed E-state index contributed by atoms with van der Waals surface area (Å²) in [4.78, 5) is 20.2. The molecular formula is C13H11N3O2S. The number of thiazole rings is 1. The lowest BCUT2D eigenvalue weighted by Crippen LogP contribution is -2.07. The van der Waals surface area contributed by atoms with Crippen LogP contribution in [0, 0.1) is 0 Å². The van der Waals surface area contributed by atoms with Gasteiger partial charge in [-0.15, -0.1) is 11.3 Å². The van der Waals surface area contributed by atoms with Crippen molar-refractivity contribution in [1.82, 2.24) is 14.4 Å². The van der Waals surface area contributed by atoms with E-state index in [4.69, 9.17) is 4.74 Å². The number of nitrogens with zero attached hydrogens (tertiary/aromatic N) is 3. The Bertz CT molecular complexity index is 719. The third-order valence-corrected chi connectivity index (χ3v) is 3.31. The van der Waals surface area contributed by atoms with E-state index in [2.05, 4.69) is 9.97 Å². The number of carbonyl (C=O) groups excluding carboxylic acids is 1. The normalized spacial score (nSPS) is 10.8. The van der Waals surface area contributed by atoms with Crippen molar-refractivity contribution in [3.8, 4) is 11.3 Å². The van der Waals surface area contributed by atoms with Crippen molar-refractivity contribution in [2.75, 3.05) is 6.61 Å². The van der Waals surface area contributed by atoms with Crippen molar-refractivity contribution in [3.05, 3.63) is 41.1 Å². The standard InChI is InChI=1S/C13H11N3O2S/c1-2-18-13(17)11-6-14-12-5-9(3-4-16(11)12)10-7-19-8-15-10/h3-8H,2H2,1H3. The summed E-state index contributed by atoms with van der Waals surface area (Å²) < 4.78 is 6.70. The van der Waals surface area contributed by atoms with E-state index in [1.165, 1.54) is 6.20 Å². The van der Waals surface area contributed by atoms with Gasteiger partial charge in [-0.3, -0.25) is 4.40 Å². The van der Waals surface area contributed by atoms with Gasteiger partial charge in [0.15, 0.2) is 5.69 Å². The second-order valence-electron chi connectivity index (χ2n) is 3.88. The number of hydrogen-bond acceptors (Lipinski definition) is 5. The van der Waals surface area contributed by atoms with Crippen LogP contribution in [0.15, 0.2) is 35.4 Å². The van der Waals surface area contributed by atoms with Gasteiger partial charge in [0.2, 0.25) is 0 Å². The monoisotopic (exact) mass is 273 g/mol. The molecule has 0 amide bonds. The molecule has 3 aromatic heterocycles. The molecule has 3 heterocycles. The van der Waals surface area contributed by atoms with Crippen molar-refractivity contribution < 1.29 is 9.53 Å². The van der Waals surface area contributed by atoms with Crippen LogP contribution >= 0.6 is 11.3 Å². The fourth-order valence-corrected chi connectivity index (χ4v) is 2.41. The molecule has 5 nitrogen and oxygen atoms in total. The Morgan fingerprint density at radius 1 is 1.47 bits per heavy atom. The van der Waals surface area contributed by atoms with E-state index in [-0.39, 0.29) is 5.97 Å². The Kier molecular flexibility index (Phi) is 3.00. The third kappa shape index (κ3) is 2.10. The first-order valence-corrected chi connectivity index (χ1v) is 6.76. The van der Waals surface area contributed by atoms with Crippen LogP contribution in [-0.4, -0.2) is 26.9 Å². The summed E-state index contributed by atoms with van der Waals surface area (Å²) in [7, 11) is 0. The average Bonchev–Trinajstić information content (AvgIpc) is 3.07. The summed E-state index contributed by atoms with van der Waals surface area (Å²) in [6.45, 7) is 2.13. The molecule has 0 fully saturated rings. The van der Waals surface area contributed by atoms with Gasteiger partial charge in [0.1, 0.15) is 5.65 Å². The summed E-state index contributed by atoms with van der Waals surface area (Å²) in [6, 6.07) is 3.81. The maximum Gasteiger partial charge on any atom is 0.356 e. The van der Waals surface area contributed by atoms with E-state index in [1.54, 1.807) is 28.2 Å². The topological polar surface area (TPSA) is 56.5 Å². The minimum atomic E-state index is -0.364. The maximum absolute atomic E-state index is 11.7. The molecule has 6 heteroatoms. The van der Waals surface area contributed by atoms with Gasteiger partial charge in [0.25, 0.3) is 0 Å². The second kappa shape index (κ2) is 4.81. The minimum absolute atomic E-state index is 0.350. The summed E-state index contributed by atoms with van der Waals surface area (Å²) in [5.74, 6) is -0.364. The first-order chi connectivity index (χ1) is 9.29. The largest absolute Gasteiger partial charge is 0.461 e. The van der Waals surface area contributed by atoms with Gasteiger partial charge < -0.3 is 4.74 Å². The molecule has 0 spiro atoms. The van der Waals surface area contributed by atoms with Gasteiger partial charge in [-0.2, -0.15) is 0 Å². The quantitative estimate of drug-likeness (QED) is 0.688. The van der Waals surface area contributed by atoms with Crippen LogP contribution in [0.5, 0.6) is 0 Å². The lowest BCUT2D eigenvalue weighted by molar-refractivity contribution is 0.0518. The van der Waals surface area contributed by atoms with Crippen molar-refractivity contribution in [2.24, 2.45) is 0 Å². The molecule has 0 atom stereocenters. The Hall–Kier alpha value is -2.21. The number of carbonyl (C=O) groups is 1. The fourth-order valence-electron chi connectivity index (χ4n) is 1.85. The van der Waals surface area contributed by atoms with Gasteiger partial charge in [0.05, 0.1) is 24.0 Å². The lowest BCUT2D eigenvalue weighted by Gasteiger charge is -2.02. The SMILES string of the molecule is CCOC(=O)c1cnc2cc(-c3cscn3)ccn12. The zero-order valence-corrected chi connectivity index (χ0v) is 11.1. The number of aromatic nitrogens is 3. The van der Waals surface area contributed by atoms with Crippen molar-refractivity contribution in [1.29, 1.82) is 0 Å². The van der Waals surface area contributed by atoms with Crippen LogP contribution in [-0.2, 0) is 4.74 Å². The fraction of sp³-hybridized carbons (Fsp3) is 0.154. The van der Waals surface area contributed by atoms with E-state index in [0.717, 1.165) is 11.3 Å². The molecule has 3 aromatic rings. The van der Waals surface area contributed by atoms with E-state index in [9.17, 15) is 4.79 Å². The highest BCUT2D eigenvalue weighted by molar-refractivity contribution is 7.07. The number of imidazole rings is 1. The first kappa shape index (κ1) is 11.9. The number of esters is 1. The zero-order valence-electron chi connectivity index (χ0n) is 10.2. The highest BCUT2D eigenvalue weighted by atomic mass is 32.1. The van der Waals surface area contributed by atoms with Crippen molar-refractivity contribution in [3.63, 3.8) is 0 Å². The Balaban J connectivity index is 2.05. The van der Waals surface area contributed by atoms with Crippen LogP contribution in [0.3, 0.4) is 0 Å². The average molecular weight is 273 g/mol. The molecule has 0 aliphatic rings. The molecule has 0 aliphatic heterocycles. The molecule has 0 N–H and O–H groups in total. The molecular weight excluding hydrogens is 262 g/mol. The van der Waals surface area contributed by atoms with Gasteiger partial charge >= 0.3 is 5.97 Å². The number of hydrogen-bond donors (Lipinski definition) is 0. The number of ether oxygens (including phenoxy) is 1. The smallest absolute Gasteiger partial charge is 0.356 e. The lowest BCUT2D eigenvalue weighted by atomic mass is 10.2. The Morgan fingerprint density at radius 2 is 2.37 bits per heavy atom. The molecule has 0 bridgehead atoms. The predicted molar refractivity (Wildman–Crippen MR) is 72.3 cm³/mol. The van der Waals surface area contributed by atoms with Crippen LogP contribution in [0.4, 0.5) is 0 Å². The molecule has 0 unspecified atom stereocenters. The molecule has 0 saturated heterocycles. The molecule has 0 saturated carbocycles. The van der Waals surface area contributed by atoms with Crippen LogP contribution in [0.1, 0.15) is 17.4 Å². The van der Waals surface area contributed by atoms with Crippen molar-refractivity contribution >= 4 is 23.0 Å². The first-order valence-electron chi connectivity index (χ1n) is 5.82. The number of rotatable bonds is 3. The van der Waals surface area contributed by atoms with E-state index < -0.39 is 0 Å². The second-order valence-corrected chi connectivity index (χ2v) is 4.60. The summed E-state index contributed by atoms with van der Waals surface area (Å²) in [5, 5.41) is 1.97. The minimum Gasteiger partial charge on any atom is -0.461 e. The summed E-state index contributed by atoms with van der Waals surface area (Å²) >= 11 is 1.54. The van der Waals surface area contributed by atoms with Gasteiger partial charge in [-0.1, -0.05) is 0 Å². The molecule has 3 rings (SSSR count). The highest BCUT2D eigenvalue weighted by Gasteiger charge is 2.13. The Morgan fingerprint density at radius 3 is 3.11 bits per heavy atom. The maximum atomic E-state index is 11.7. The zero-order chi connectivity index (χ0) is 13.2. The van der Waals surface area contributed by atoms with Crippen LogP contribution < -0.4 is 0 Å². The molecule has 0 aliphatic carbocycles. The van der Waals surface area contributed by atoms with Gasteiger partial charge in [-0.05, 0) is 19.1 Å². The van der Waals surface area contributed by atoms with E-state index >= 15 is 0 Å². The van der Waals surface area contributed by atoms with Crippen molar-refractivity contribution in [2.45, 2.75) is 6.92 Å². The summed E-state index contributed by atoms with van der Waals surface area (Å²) in [6.07, 6.45) is 3.33. The van der Waals surface area contributed by atoms with Gasteiger partial charge in [-0.25, -0.2) is 14.8 Å². The highest BCUT2D eigenvalue weighted by Crippen LogP contribution is 2.21. The van der Waals surface area contributed by atoms with E-state index in [0.29, 0.717) is 17.9 Å². The predicted octanol–water partition coefficient (Wildman–Crippen LogP) is 2.63. The number of pyridine rings is 1. The van der Waals surface area contributed by atoms with Crippen LogP contribution in [0.25, 0.3) is 16.9 Å². The molecule has 19 heavy (non-hydrogen) atoms. The van der Waals surface area contributed by atoms with E-state index in [1.807, 2.05) is 23.7 Å². The van der Waals surface area contributed by atoms with Crippen LogP contribution in [0.2, 0.25) is 0 Å². The molecule has 96 valence electrons. The summed E-state index contributed by atoms with van der Waals surface area (Å²) in [5.41, 5.74) is 4.81. The van der Waals surface area contributed by atoms with Gasteiger partial charge in [0, 0.05) is 17.1 Å². The molecule has 0 aromatic carbocycles. The molecule has 0 radical (unpaired) electrons.